The van der Waals surface area contributed by atoms with Gasteiger partial charge >= 0.3 is 5.97 Å². The molecule has 5 heterocycles. The Morgan fingerprint density at radius 1 is 0.742 bits per heavy atom. The highest BCUT2D eigenvalue weighted by Crippen LogP contribution is 2.80. The van der Waals surface area contributed by atoms with E-state index in [-0.39, 0.29) is 52.8 Å². The second-order valence-corrected chi connectivity index (χ2v) is 23.1. The van der Waals surface area contributed by atoms with Crippen molar-refractivity contribution in [1.29, 1.82) is 0 Å². The molecule has 2 spiro atoms. The molecular formula is C48H76O18. The SMILES string of the molecule is CC(=O)O[C@H]1[C@H](O[C@H]2CC[C@]3(C)[C@H]4CC[C@@H]5[C@@H]6[C@]7(C[C@@]5(CO7)[C@]4(C)CC[C@H]3C2(C)C)O[C@@H](C=C(C)C)C[C@]6(C)O)OC[C@H](O)[C@@H]1O[C@@H]1O[C@H](CO)C(O)[C@H](O)[C@H]1O[C@@H]1OC[C@@H](O)[C@H](O)[C@H]1O. The van der Waals surface area contributed by atoms with Crippen LogP contribution in [0.3, 0.4) is 0 Å². The maximum atomic E-state index is 12.8. The van der Waals surface area contributed by atoms with E-state index in [2.05, 4.69) is 47.6 Å². The monoisotopic (exact) mass is 941 g/mol. The molecule has 18 heteroatoms. The van der Waals surface area contributed by atoms with Crippen molar-refractivity contribution in [3.8, 4) is 0 Å². The number of hydrogen-bond donors (Lipinski definition) is 8. The molecule has 9 fully saturated rings. The molecule has 4 saturated carbocycles. The molecule has 2 bridgehead atoms. The topological polar surface area (TPSA) is 262 Å². The normalized spacial score (nSPS) is 55.2. The van der Waals surface area contributed by atoms with Crippen molar-refractivity contribution in [2.24, 2.45) is 45.3 Å². The molecule has 0 aromatic carbocycles. The average Bonchev–Trinajstić information content (AvgIpc) is 3.76. The first-order valence-electron chi connectivity index (χ1n) is 24.3. The Hall–Kier alpha value is -1.43. The largest absolute Gasteiger partial charge is 0.454 e. The summed E-state index contributed by atoms with van der Waals surface area (Å²) in [5.74, 6) is -0.730. The van der Waals surface area contributed by atoms with Crippen LogP contribution in [0.15, 0.2) is 11.6 Å². The number of ether oxygens (including phenoxy) is 9. The van der Waals surface area contributed by atoms with Crippen LogP contribution in [0.1, 0.15) is 107 Å². The smallest absolute Gasteiger partial charge is 0.303 e. The molecule has 8 N–H and O–H groups in total. The van der Waals surface area contributed by atoms with Crippen LogP contribution >= 0.6 is 0 Å². The van der Waals surface area contributed by atoms with Gasteiger partial charge < -0.3 is 83.5 Å². The molecule has 9 rings (SSSR count). The van der Waals surface area contributed by atoms with Gasteiger partial charge in [-0.1, -0.05) is 39.3 Å². The lowest BCUT2D eigenvalue weighted by molar-refractivity contribution is -0.381. The van der Waals surface area contributed by atoms with Crippen LogP contribution in [0.5, 0.6) is 0 Å². The number of rotatable bonds is 9. The maximum Gasteiger partial charge on any atom is 0.303 e. The van der Waals surface area contributed by atoms with Gasteiger partial charge in [0.25, 0.3) is 0 Å². The van der Waals surface area contributed by atoms with Crippen LogP contribution in [0, 0.1) is 45.3 Å². The minimum Gasteiger partial charge on any atom is -0.454 e. The lowest BCUT2D eigenvalue weighted by Crippen LogP contribution is -2.67. The number of carbonyl (C=O) groups is 1. The minimum absolute atomic E-state index is 0.0610. The molecule has 376 valence electrons. The summed E-state index contributed by atoms with van der Waals surface area (Å²) in [6, 6.07) is 0. The number of allylic oxidation sites excluding steroid dienone is 1. The van der Waals surface area contributed by atoms with Crippen LogP contribution in [0.25, 0.3) is 0 Å². The van der Waals surface area contributed by atoms with E-state index in [1.807, 2.05) is 6.92 Å². The molecular weight excluding hydrogens is 865 g/mol. The molecule has 0 aromatic rings. The molecule has 5 saturated heterocycles. The predicted molar refractivity (Wildman–Crippen MR) is 228 cm³/mol. The van der Waals surface area contributed by atoms with E-state index in [0.29, 0.717) is 25.4 Å². The van der Waals surface area contributed by atoms with E-state index >= 15 is 0 Å². The van der Waals surface area contributed by atoms with Gasteiger partial charge in [-0.2, -0.15) is 0 Å². The summed E-state index contributed by atoms with van der Waals surface area (Å²) < 4.78 is 56.1. The van der Waals surface area contributed by atoms with Gasteiger partial charge in [-0.15, -0.1) is 0 Å². The van der Waals surface area contributed by atoms with Crippen LogP contribution in [0.2, 0.25) is 0 Å². The van der Waals surface area contributed by atoms with Crippen molar-refractivity contribution in [3.05, 3.63) is 11.6 Å². The van der Waals surface area contributed by atoms with Crippen LogP contribution in [-0.2, 0) is 47.4 Å². The van der Waals surface area contributed by atoms with E-state index in [1.54, 1.807) is 0 Å². The zero-order valence-electron chi connectivity index (χ0n) is 39.7. The van der Waals surface area contributed by atoms with Crippen molar-refractivity contribution in [1.82, 2.24) is 0 Å². The zero-order valence-corrected chi connectivity index (χ0v) is 39.7. The molecule has 24 atom stereocenters. The highest BCUT2D eigenvalue weighted by atomic mass is 16.8. The molecule has 18 nitrogen and oxygen atoms in total. The summed E-state index contributed by atoms with van der Waals surface area (Å²) in [6.45, 7) is 15.9. The van der Waals surface area contributed by atoms with Gasteiger partial charge in [-0.05, 0) is 93.3 Å². The quantitative estimate of drug-likeness (QED) is 0.0917. The number of esters is 1. The van der Waals surface area contributed by atoms with Crippen molar-refractivity contribution in [2.45, 2.75) is 210 Å². The average molecular weight is 941 g/mol. The van der Waals surface area contributed by atoms with Gasteiger partial charge in [-0.25, -0.2) is 0 Å². The van der Waals surface area contributed by atoms with Gasteiger partial charge in [0, 0.05) is 31.1 Å². The molecule has 1 unspecified atom stereocenters. The Morgan fingerprint density at radius 2 is 1.44 bits per heavy atom. The van der Waals surface area contributed by atoms with E-state index < -0.39 is 116 Å². The van der Waals surface area contributed by atoms with Crippen LogP contribution in [0.4, 0.5) is 0 Å². The van der Waals surface area contributed by atoms with E-state index in [0.717, 1.165) is 44.1 Å². The number of aliphatic hydroxyl groups is 8. The summed E-state index contributed by atoms with van der Waals surface area (Å²) in [4.78, 5) is 12.8. The van der Waals surface area contributed by atoms with Gasteiger partial charge in [0.05, 0.1) is 44.2 Å². The Morgan fingerprint density at radius 3 is 2.14 bits per heavy atom. The highest BCUT2D eigenvalue weighted by Gasteiger charge is 2.81. The van der Waals surface area contributed by atoms with Gasteiger partial charge in [0.1, 0.15) is 54.9 Å². The van der Waals surface area contributed by atoms with Crippen molar-refractivity contribution >= 4 is 5.97 Å². The molecule has 0 aromatic heterocycles. The Kier molecular flexibility index (Phi) is 13.1. The fourth-order valence-corrected chi connectivity index (χ4v) is 15.8. The zero-order chi connectivity index (χ0) is 47.7. The predicted octanol–water partition coefficient (Wildman–Crippen LogP) is 1.18. The second-order valence-electron chi connectivity index (χ2n) is 23.1. The first-order valence-corrected chi connectivity index (χ1v) is 24.3. The Bertz CT molecular complexity index is 1830. The van der Waals surface area contributed by atoms with E-state index in [9.17, 15) is 45.6 Å². The van der Waals surface area contributed by atoms with E-state index in [4.69, 9.17) is 42.6 Å². The van der Waals surface area contributed by atoms with Gasteiger partial charge in [0.2, 0.25) is 0 Å². The number of hydrogen-bond acceptors (Lipinski definition) is 18. The van der Waals surface area contributed by atoms with Crippen molar-refractivity contribution < 1.29 is 88.3 Å². The van der Waals surface area contributed by atoms with Crippen LogP contribution in [-0.4, -0.2) is 177 Å². The van der Waals surface area contributed by atoms with Gasteiger partial charge in [0.15, 0.2) is 30.8 Å². The van der Waals surface area contributed by atoms with E-state index in [1.165, 1.54) is 6.92 Å². The molecule has 9 aliphatic rings. The fraction of sp³-hybridized carbons (Fsp3) is 0.938. The van der Waals surface area contributed by atoms with Crippen molar-refractivity contribution in [2.75, 3.05) is 26.4 Å². The molecule has 0 radical (unpaired) electrons. The lowest BCUT2D eigenvalue weighted by Gasteiger charge is -2.70. The minimum atomic E-state index is -1.80. The Labute approximate surface area is 387 Å². The molecule has 0 amide bonds. The molecule has 5 aliphatic heterocycles. The summed E-state index contributed by atoms with van der Waals surface area (Å²) in [7, 11) is 0. The van der Waals surface area contributed by atoms with Gasteiger partial charge in [-0.3, -0.25) is 4.79 Å². The maximum absolute atomic E-state index is 12.8. The molecule has 4 aliphatic carbocycles. The first-order chi connectivity index (χ1) is 30.9. The second kappa shape index (κ2) is 17.4. The molecule has 66 heavy (non-hydrogen) atoms. The standard InChI is InChI=1S/C48H76O18/c1-22(2)15-24-16-46(8,57)39-25-9-10-30-44(6)13-12-31(43(4,5)29(44)11-14-45(30,7)47(25)20-48(39,66-24)60-21-47)63-41-38(61-23(3)50)36(27(52)19-59-41)64-42-37(34(55)33(54)28(17-49)62-42)65-40-35(56)32(53)26(51)18-58-40/h15,24-42,49,51-57H,9-14,16-21H2,1-8H3/t24-,25+,26+,27-,28+,29-,30+,31-,32-,33?,34-,35+,36-,37+,38+,39-,40-,41-,42-,44-,45+,46-,47-,48-/m0/s1. The number of aliphatic hydroxyl groups excluding tert-OH is 7. The summed E-state index contributed by atoms with van der Waals surface area (Å²) in [5, 5.41) is 86.7. The van der Waals surface area contributed by atoms with Crippen molar-refractivity contribution in [3.63, 3.8) is 0 Å². The fourth-order valence-electron chi connectivity index (χ4n) is 15.8. The lowest BCUT2D eigenvalue weighted by atomic mass is 9.35. The summed E-state index contributed by atoms with van der Waals surface area (Å²) >= 11 is 0. The third kappa shape index (κ3) is 7.69. The third-order valence-electron chi connectivity index (χ3n) is 18.6. The summed E-state index contributed by atoms with van der Waals surface area (Å²) in [6.07, 6.45) is -11.7. The van der Waals surface area contributed by atoms with Crippen LogP contribution < -0.4 is 0 Å². The third-order valence-corrected chi connectivity index (χ3v) is 18.6. The first kappa shape index (κ1) is 49.5. The number of fused-ring (bicyclic) bond motifs is 4. The number of carbonyl (C=O) groups excluding carboxylic acids is 1. The highest BCUT2D eigenvalue weighted by molar-refractivity contribution is 5.66. The Balaban J connectivity index is 0.939. The summed E-state index contributed by atoms with van der Waals surface area (Å²) in [5.41, 5.74) is -0.438.